The van der Waals surface area contributed by atoms with Gasteiger partial charge in [0.05, 0.1) is 0 Å². The van der Waals surface area contributed by atoms with Gasteiger partial charge < -0.3 is 5.32 Å². The molecule has 0 aromatic rings. The predicted octanol–water partition coefficient (Wildman–Crippen LogP) is 0.0791. The van der Waals surface area contributed by atoms with E-state index in [9.17, 15) is 14.4 Å². The summed E-state index contributed by atoms with van der Waals surface area (Å²) in [6.45, 7) is 6.69. The van der Waals surface area contributed by atoms with Gasteiger partial charge in [-0.1, -0.05) is 20.8 Å². The maximum atomic E-state index is 11.6. The molecule has 2 N–H and O–H groups in total. The molecule has 1 aliphatic rings. The standard InChI is InChI=1S/C10H14N2O3/c1-5-6(8(14)12-7(5)13)11-9(15)10(2,3)4/h1-4H3,(H2,11,12,13,14,15). The third kappa shape index (κ3) is 2.23. The van der Waals surface area contributed by atoms with Gasteiger partial charge in [0, 0.05) is 11.0 Å². The second-order valence-electron chi connectivity index (χ2n) is 4.49. The molecule has 0 radical (unpaired) electrons. The Morgan fingerprint density at radius 1 is 1.20 bits per heavy atom. The molecule has 0 bridgehead atoms. The average molecular weight is 210 g/mol. The molecule has 0 saturated heterocycles. The second-order valence-corrected chi connectivity index (χ2v) is 4.49. The number of imide groups is 1. The minimum atomic E-state index is -0.598. The SMILES string of the molecule is CC1=C(NC(=O)C(C)(C)C)C(=O)NC1=O. The van der Waals surface area contributed by atoms with Crippen LogP contribution in [-0.4, -0.2) is 17.7 Å². The van der Waals surface area contributed by atoms with E-state index in [0.29, 0.717) is 0 Å². The first-order valence-electron chi connectivity index (χ1n) is 4.61. The van der Waals surface area contributed by atoms with Gasteiger partial charge in [0.1, 0.15) is 5.70 Å². The number of carbonyl (C=O) groups is 3. The zero-order valence-corrected chi connectivity index (χ0v) is 9.22. The van der Waals surface area contributed by atoms with Crippen LogP contribution in [0.3, 0.4) is 0 Å². The van der Waals surface area contributed by atoms with Crippen LogP contribution in [0.1, 0.15) is 27.7 Å². The minimum Gasteiger partial charge on any atom is -0.321 e. The molecule has 0 fully saturated rings. The number of carbonyl (C=O) groups excluding carboxylic acids is 3. The van der Waals surface area contributed by atoms with Crippen molar-refractivity contribution in [2.45, 2.75) is 27.7 Å². The lowest BCUT2D eigenvalue weighted by Gasteiger charge is -2.17. The molecular weight excluding hydrogens is 196 g/mol. The van der Waals surface area contributed by atoms with E-state index < -0.39 is 17.2 Å². The van der Waals surface area contributed by atoms with Crippen LogP contribution in [0.25, 0.3) is 0 Å². The van der Waals surface area contributed by atoms with E-state index in [1.807, 2.05) is 0 Å². The van der Waals surface area contributed by atoms with E-state index in [0.717, 1.165) is 0 Å². The quantitative estimate of drug-likeness (QED) is 0.602. The minimum absolute atomic E-state index is 0.0555. The van der Waals surface area contributed by atoms with Crippen LogP contribution in [0.4, 0.5) is 0 Å². The van der Waals surface area contributed by atoms with Crippen molar-refractivity contribution in [2.24, 2.45) is 5.41 Å². The van der Waals surface area contributed by atoms with Gasteiger partial charge in [0.25, 0.3) is 11.8 Å². The van der Waals surface area contributed by atoms with Gasteiger partial charge in [-0.15, -0.1) is 0 Å². The largest absolute Gasteiger partial charge is 0.321 e. The molecule has 0 aromatic heterocycles. The van der Waals surface area contributed by atoms with Crippen LogP contribution in [0.2, 0.25) is 0 Å². The highest BCUT2D eigenvalue weighted by Gasteiger charge is 2.31. The molecule has 82 valence electrons. The van der Waals surface area contributed by atoms with Gasteiger partial charge in [-0.3, -0.25) is 19.7 Å². The third-order valence-electron chi connectivity index (χ3n) is 2.09. The molecule has 3 amide bonds. The first-order chi connectivity index (χ1) is 6.73. The Balaban J connectivity index is 2.88. The van der Waals surface area contributed by atoms with E-state index in [1.54, 1.807) is 20.8 Å². The van der Waals surface area contributed by atoms with E-state index in [1.165, 1.54) is 6.92 Å². The molecule has 1 rings (SSSR count). The summed E-state index contributed by atoms with van der Waals surface area (Å²) in [7, 11) is 0. The average Bonchev–Trinajstić information content (AvgIpc) is 2.30. The van der Waals surface area contributed by atoms with Crippen molar-refractivity contribution in [3.63, 3.8) is 0 Å². The fraction of sp³-hybridized carbons (Fsp3) is 0.500. The molecule has 0 aromatic carbocycles. The Bertz CT molecular complexity index is 375. The number of amides is 3. The van der Waals surface area contributed by atoms with Gasteiger partial charge in [0.15, 0.2) is 0 Å². The van der Waals surface area contributed by atoms with Crippen LogP contribution in [0, 0.1) is 5.41 Å². The summed E-state index contributed by atoms with van der Waals surface area (Å²) in [6, 6.07) is 0. The number of rotatable bonds is 1. The Hall–Kier alpha value is -1.65. The molecule has 0 unspecified atom stereocenters. The van der Waals surface area contributed by atoms with E-state index in [4.69, 9.17) is 0 Å². The summed E-state index contributed by atoms with van der Waals surface area (Å²) in [4.78, 5) is 33.9. The fourth-order valence-electron chi connectivity index (χ4n) is 0.995. The van der Waals surface area contributed by atoms with Crippen molar-refractivity contribution in [3.8, 4) is 0 Å². The van der Waals surface area contributed by atoms with E-state index in [-0.39, 0.29) is 17.2 Å². The van der Waals surface area contributed by atoms with Gasteiger partial charge >= 0.3 is 0 Å². The van der Waals surface area contributed by atoms with Gasteiger partial charge in [-0.2, -0.15) is 0 Å². The molecule has 15 heavy (non-hydrogen) atoms. The maximum Gasteiger partial charge on any atom is 0.275 e. The van der Waals surface area contributed by atoms with Crippen LogP contribution in [-0.2, 0) is 14.4 Å². The van der Waals surface area contributed by atoms with E-state index >= 15 is 0 Å². The van der Waals surface area contributed by atoms with Crippen molar-refractivity contribution in [1.29, 1.82) is 0 Å². The fourth-order valence-corrected chi connectivity index (χ4v) is 0.995. The summed E-state index contributed by atoms with van der Waals surface area (Å²) in [6.07, 6.45) is 0. The maximum absolute atomic E-state index is 11.6. The van der Waals surface area contributed by atoms with Gasteiger partial charge in [-0.05, 0) is 6.92 Å². The lowest BCUT2D eigenvalue weighted by Crippen LogP contribution is -2.37. The summed E-state index contributed by atoms with van der Waals surface area (Å²) in [5.41, 5.74) is -0.295. The summed E-state index contributed by atoms with van der Waals surface area (Å²) in [5.74, 6) is -1.29. The second kappa shape index (κ2) is 3.49. The highest BCUT2D eigenvalue weighted by molar-refractivity contribution is 6.20. The van der Waals surface area contributed by atoms with Crippen LogP contribution < -0.4 is 10.6 Å². The third-order valence-corrected chi connectivity index (χ3v) is 2.09. The van der Waals surface area contributed by atoms with Crippen molar-refractivity contribution in [1.82, 2.24) is 10.6 Å². The first-order valence-corrected chi connectivity index (χ1v) is 4.61. The van der Waals surface area contributed by atoms with E-state index in [2.05, 4.69) is 10.6 Å². The molecule has 5 nitrogen and oxygen atoms in total. The van der Waals surface area contributed by atoms with Crippen molar-refractivity contribution >= 4 is 17.7 Å². The summed E-state index contributed by atoms with van der Waals surface area (Å²) >= 11 is 0. The highest BCUT2D eigenvalue weighted by atomic mass is 16.2. The van der Waals surface area contributed by atoms with Gasteiger partial charge in [0.2, 0.25) is 5.91 Å². The number of hydrogen-bond donors (Lipinski definition) is 2. The Labute approximate surface area is 87.9 Å². The molecule has 0 saturated carbocycles. The Morgan fingerprint density at radius 3 is 2.07 bits per heavy atom. The zero-order chi connectivity index (χ0) is 11.8. The Morgan fingerprint density at radius 2 is 1.73 bits per heavy atom. The predicted molar refractivity (Wildman–Crippen MR) is 53.4 cm³/mol. The molecule has 0 atom stereocenters. The van der Waals surface area contributed by atoms with Crippen molar-refractivity contribution in [3.05, 3.63) is 11.3 Å². The highest BCUT2D eigenvalue weighted by Crippen LogP contribution is 2.16. The zero-order valence-electron chi connectivity index (χ0n) is 9.22. The molecule has 0 aliphatic carbocycles. The van der Waals surface area contributed by atoms with Crippen molar-refractivity contribution < 1.29 is 14.4 Å². The number of nitrogens with one attached hydrogen (secondary N) is 2. The van der Waals surface area contributed by atoms with Crippen LogP contribution in [0.5, 0.6) is 0 Å². The normalized spacial score (nSPS) is 16.8. The lowest BCUT2D eigenvalue weighted by atomic mass is 9.95. The summed E-state index contributed by atoms with van der Waals surface area (Å²) in [5, 5.41) is 4.56. The van der Waals surface area contributed by atoms with Crippen molar-refractivity contribution in [2.75, 3.05) is 0 Å². The monoisotopic (exact) mass is 210 g/mol. The van der Waals surface area contributed by atoms with Crippen LogP contribution in [0.15, 0.2) is 11.3 Å². The molecule has 1 aliphatic heterocycles. The smallest absolute Gasteiger partial charge is 0.275 e. The molecule has 5 heteroatoms. The lowest BCUT2D eigenvalue weighted by molar-refractivity contribution is -0.130. The summed E-state index contributed by atoms with van der Waals surface area (Å²) < 4.78 is 0. The molecule has 1 heterocycles. The van der Waals surface area contributed by atoms with Gasteiger partial charge in [-0.25, -0.2) is 0 Å². The number of hydrogen-bond acceptors (Lipinski definition) is 3. The Kier molecular flexibility index (Phi) is 2.66. The first kappa shape index (κ1) is 11.4. The van der Waals surface area contributed by atoms with Crippen LogP contribution >= 0.6 is 0 Å². The molecular formula is C10H14N2O3. The topological polar surface area (TPSA) is 75.3 Å². The molecule has 0 spiro atoms.